The summed E-state index contributed by atoms with van der Waals surface area (Å²) in [7, 11) is 3.10. The summed E-state index contributed by atoms with van der Waals surface area (Å²) in [4.78, 5) is 41.1. The molecule has 10 heteroatoms. The van der Waals surface area contributed by atoms with Crippen molar-refractivity contribution in [1.29, 1.82) is 0 Å². The summed E-state index contributed by atoms with van der Waals surface area (Å²) in [5.74, 6) is 0.628. The molecule has 3 N–H and O–H groups in total. The van der Waals surface area contributed by atoms with E-state index < -0.39 is 17.1 Å². The highest BCUT2D eigenvalue weighted by molar-refractivity contribution is 8.00. The molecule has 0 aliphatic carbocycles. The number of benzene rings is 5. The second-order valence-electron chi connectivity index (χ2n) is 10.8. The van der Waals surface area contributed by atoms with Crippen LogP contribution in [0.25, 0.3) is 6.08 Å². The Hall–Kier alpha value is -6.00. The molecule has 0 heterocycles. The Labute approximate surface area is 295 Å². The number of hydrogen-bond acceptors (Lipinski definition) is 7. The van der Waals surface area contributed by atoms with Gasteiger partial charge in [-0.15, -0.1) is 11.8 Å². The first kappa shape index (κ1) is 35.3. The van der Waals surface area contributed by atoms with E-state index in [0.717, 1.165) is 10.5 Å². The third-order valence-corrected chi connectivity index (χ3v) is 8.67. The molecular formula is C40H37N3O6S. The molecule has 9 nitrogen and oxygen atoms in total. The van der Waals surface area contributed by atoms with E-state index in [1.54, 1.807) is 79.9 Å². The molecule has 5 aromatic carbocycles. The van der Waals surface area contributed by atoms with Crippen molar-refractivity contribution < 1.29 is 28.6 Å². The SMILES string of the molecule is CCOc1ccc(/C=C(\NC(=O)c2ccccc2)C(=O)Nc2ccc(SC(C(=O)Nc3cc(OC)ccc3OC)c3ccccc3)cc2)cc1. The lowest BCUT2D eigenvalue weighted by molar-refractivity contribution is -0.116. The highest BCUT2D eigenvalue weighted by Gasteiger charge is 2.24. The van der Waals surface area contributed by atoms with Crippen molar-refractivity contribution in [3.8, 4) is 17.2 Å². The smallest absolute Gasteiger partial charge is 0.272 e. The maximum absolute atomic E-state index is 13.7. The average Bonchev–Trinajstić information content (AvgIpc) is 3.15. The number of methoxy groups -OCH3 is 2. The van der Waals surface area contributed by atoms with Crippen LogP contribution in [0.1, 0.15) is 33.7 Å². The monoisotopic (exact) mass is 687 g/mol. The van der Waals surface area contributed by atoms with Gasteiger partial charge in [0, 0.05) is 22.2 Å². The van der Waals surface area contributed by atoms with Gasteiger partial charge in [0.2, 0.25) is 5.91 Å². The van der Waals surface area contributed by atoms with Crippen LogP contribution in [0.4, 0.5) is 11.4 Å². The van der Waals surface area contributed by atoms with E-state index in [-0.39, 0.29) is 11.6 Å². The van der Waals surface area contributed by atoms with Crippen LogP contribution in [0.15, 0.2) is 138 Å². The normalized spacial score (nSPS) is 11.5. The first-order valence-corrected chi connectivity index (χ1v) is 16.7. The summed E-state index contributed by atoms with van der Waals surface area (Å²) >= 11 is 1.36. The van der Waals surface area contributed by atoms with Crippen LogP contribution in [-0.2, 0) is 9.59 Å². The lowest BCUT2D eigenvalue weighted by Crippen LogP contribution is -2.30. The molecule has 0 radical (unpaired) electrons. The van der Waals surface area contributed by atoms with Crippen LogP contribution < -0.4 is 30.2 Å². The highest BCUT2D eigenvalue weighted by Crippen LogP contribution is 2.38. The van der Waals surface area contributed by atoms with Gasteiger partial charge in [0.05, 0.1) is 26.5 Å². The van der Waals surface area contributed by atoms with Crippen molar-refractivity contribution in [2.75, 3.05) is 31.5 Å². The first-order valence-electron chi connectivity index (χ1n) is 15.8. The molecule has 0 spiro atoms. The minimum Gasteiger partial charge on any atom is -0.497 e. The Morgan fingerprint density at radius 3 is 2.04 bits per heavy atom. The lowest BCUT2D eigenvalue weighted by Gasteiger charge is -2.19. The molecular weight excluding hydrogens is 651 g/mol. The van der Waals surface area contributed by atoms with Gasteiger partial charge in [-0.3, -0.25) is 14.4 Å². The van der Waals surface area contributed by atoms with Gasteiger partial charge in [0.25, 0.3) is 11.8 Å². The third-order valence-electron chi connectivity index (χ3n) is 7.40. The van der Waals surface area contributed by atoms with Crippen LogP contribution in [0.2, 0.25) is 0 Å². The Morgan fingerprint density at radius 2 is 1.40 bits per heavy atom. The maximum atomic E-state index is 13.7. The minimum atomic E-state index is -0.607. The largest absolute Gasteiger partial charge is 0.497 e. The molecule has 0 aliphatic heterocycles. The fourth-order valence-corrected chi connectivity index (χ4v) is 5.92. The molecule has 3 amide bonds. The number of hydrogen-bond donors (Lipinski definition) is 3. The number of thioether (sulfide) groups is 1. The molecule has 254 valence electrons. The number of carbonyl (C=O) groups excluding carboxylic acids is 3. The molecule has 0 aromatic heterocycles. The van der Waals surface area contributed by atoms with Gasteiger partial charge in [-0.05, 0) is 84.8 Å². The van der Waals surface area contributed by atoms with Gasteiger partial charge in [0.15, 0.2) is 0 Å². The Morgan fingerprint density at radius 1 is 0.740 bits per heavy atom. The Kier molecular flexibility index (Phi) is 12.3. The van der Waals surface area contributed by atoms with E-state index in [2.05, 4.69) is 16.0 Å². The molecule has 0 aliphatic rings. The molecule has 0 saturated carbocycles. The van der Waals surface area contributed by atoms with Gasteiger partial charge >= 0.3 is 0 Å². The number of anilines is 2. The Bertz CT molecular complexity index is 1930. The van der Waals surface area contributed by atoms with E-state index in [9.17, 15) is 14.4 Å². The van der Waals surface area contributed by atoms with Crippen LogP contribution >= 0.6 is 11.8 Å². The van der Waals surface area contributed by atoms with Crippen molar-refractivity contribution in [2.45, 2.75) is 17.1 Å². The second-order valence-corrected chi connectivity index (χ2v) is 12.0. The van der Waals surface area contributed by atoms with E-state index in [4.69, 9.17) is 14.2 Å². The maximum Gasteiger partial charge on any atom is 0.272 e. The molecule has 50 heavy (non-hydrogen) atoms. The van der Waals surface area contributed by atoms with Crippen LogP contribution in [-0.4, -0.2) is 38.5 Å². The summed E-state index contributed by atoms with van der Waals surface area (Å²) in [6, 6.07) is 37.7. The van der Waals surface area contributed by atoms with E-state index in [1.807, 2.05) is 67.6 Å². The first-order chi connectivity index (χ1) is 24.4. The van der Waals surface area contributed by atoms with Gasteiger partial charge < -0.3 is 30.2 Å². The van der Waals surface area contributed by atoms with Gasteiger partial charge in [-0.25, -0.2) is 0 Å². The average molecular weight is 688 g/mol. The summed E-state index contributed by atoms with van der Waals surface area (Å²) in [5.41, 5.74) is 3.00. The quantitative estimate of drug-likeness (QED) is 0.0801. The second kappa shape index (κ2) is 17.4. The van der Waals surface area contributed by atoms with Crippen LogP contribution in [0.5, 0.6) is 17.2 Å². The van der Waals surface area contributed by atoms with Crippen molar-refractivity contribution in [1.82, 2.24) is 5.32 Å². The standard InChI is InChI=1S/C40H37N3O6S/c1-4-49-31-19-15-27(16-20-31)25-35(43-38(44)29-13-9-6-10-14-29)39(45)41-30-17-22-33(23-18-30)50-37(28-11-7-5-8-12-28)40(46)42-34-26-32(47-2)21-24-36(34)48-3/h5-26,37H,4H2,1-3H3,(H,41,45)(H,42,46)(H,43,44)/b35-25-. The van der Waals surface area contributed by atoms with Crippen molar-refractivity contribution >= 4 is 46.9 Å². The topological polar surface area (TPSA) is 115 Å². The summed E-state index contributed by atoms with van der Waals surface area (Å²) < 4.78 is 16.3. The van der Waals surface area contributed by atoms with E-state index in [1.165, 1.54) is 18.9 Å². The van der Waals surface area contributed by atoms with Crippen molar-refractivity contribution in [2.24, 2.45) is 0 Å². The van der Waals surface area contributed by atoms with Crippen LogP contribution in [0.3, 0.4) is 0 Å². The Balaban J connectivity index is 1.34. The van der Waals surface area contributed by atoms with Gasteiger partial charge in [-0.1, -0.05) is 60.7 Å². The molecule has 5 rings (SSSR count). The molecule has 0 fully saturated rings. The fraction of sp³-hybridized carbons (Fsp3) is 0.125. The molecule has 5 aromatic rings. The summed E-state index contributed by atoms with van der Waals surface area (Å²) in [5, 5.41) is 8.02. The number of ether oxygens (including phenoxy) is 3. The molecule has 0 saturated heterocycles. The predicted octanol–water partition coefficient (Wildman–Crippen LogP) is 7.98. The number of carbonyl (C=O) groups is 3. The summed E-state index contributed by atoms with van der Waals surface area (Å²) in [6.07, 6.45) is 1.61. The molecule has 1 unspecified atom stereocenters. The van der Waals surface area contributed by atoms with Gasteiger partial charge in [0.1, 0.15) is 28.2 Å². The van der Waals surface area contributed by atoms with Gasteiger partial charge in [-0.2, -0.15) is 0 Å². The number of amides is 3. The minimum absolute atomic E-state index is 0.0650. The summed E-state index contributed by atoms with van der Waals surface area (Å²) in [6.45, 7) is 2.44. The highest BCUT2D eigenvalue weighted by atomic mass is 32.2. The zero-order chi connectivity index (χ0) is 35.3. The molecule has 1 atom stereocenters. The zero-order valence-electron chi connectivity index (χ0n) is 27.8. The molecule has 0 bridgehead atoms. The van der Waals surface area contributed by atoms with Crippen molar-refractivity contribution in [3.05, 3.63) is 150 Å². The third kappa shape index (κ3) is 9.55. The van der Waals surface area contributed by atoms with E-state index in [0.29, 0.717) is 46.4 Å². The predicted molar refractivity (Wildman–Crippen MR) is 198 cm³/mol. The zero-order valence-corrected chi connectivity index (χ0v) is 28.7. The van der Waals surface area contributed by atoms with Crippen LogP contribution in [0, 0.1) is 0 Å². The number of nitrogens with one attached hydrogen (secondary N) is 3. The number of rotatable bonds is 14. The van der Waals surface area contributed by atoms with E-state index >= 15 is 0 Å². The fourth-order valence-electron chi connectivity index (χ4n) is 4.90. The lowest BCUT2D eigenvalue weighted by atomic mass is 10.1. The van der Waals surface area contributed by atoms with Crippen molar-refractivity contribution in [3.63, 3.8) is 0 Å².